The molecule has 1 amide bonds. The summed E-state index contributed by atoms with van der Waals surface area (Å²) in [5.41, 5.74) is 2.72. The standard InChI is InChI=1S/C26H19ClN2O4S/c1-14-6-8-15(9-7-14)23(30)21-22(16-4-3-5-17(27)12-16)29(25(32)24(21)31)26-28-19-11-10-18(33-2)13-20(19)34-26/h3-13,22,30H,1-2H3/b23-21+. The zero-order valence-corrected chi connectivity index (χ0v) is 19.9. The largest absolute Gasteiger partial charge is 0.507 e. The van der Waals surface area contributed by atoms with Crippen molar-refractivity contribution in [2.24, 2.45) is 0 Å². The topological polar surface area (TPSA) is 79.7 Å². The molecule has 6 nitrogen and oxygen atoms in total. The number of amides is 1. The van der Waals surface area contributed by atoms with E-state index >= 15 is 0 Å². The van der Waals surface area contributed by atoms with E-state index in [1.165, 1.54) is 16.2 Å². The van der Waals surface area contributed by atoms with Crippen molar-refractivity contribution in [2.75, 3.05) is 12.0 Å². The van der Waals surface area contributed by atoms with Crippen LogP contribution in [-0.2, 0) is 9.59 Å². The lowest BCUT2D eigenvalue weighted by Gasteiger charge is -2.23. The molecule has 5 rings (SSSR count). The van der Waals surface area contributed by atoms with E-state index in [4.69, 9.17) is 16.3 Å². The molecule has 4 aromatic rings. The van der Waals surface area contributed by atoms with E-state index in [1.807, 2.05) is 25.1 Å². The van der Waals surface area contributed by atoms with Crippen LogP contribution in [0.2, 0.25) is 5.02 Å². The summed E-state index contributed by atoms with van der Waals surface area (Å²) in [5.74, 6) is -1.12. The van der Waals surface area contributed by atoms with Gasteiger partial charge in [0.2, 0.25) is 0 Å². The average Bonchev–Trinajstić information content (AvgIpc) is 3.36. The Morgan fingerprint density at radius 3 is 2.56 bits per heavy atom. The molecule has 3 aromatic carbocycles. The normalized spacial score (nSPS) is 17.5. The van der Waals surface area contributed by atoms with Gasteiger partial charge in [0, 0.05) is 10.6 Å². The highest BCUT2D eigenvalue weighted by atomic mass is 35.5. The second-order valence-electron chi connectivity index (χ2n) is 7.92. The Bertz CT molecular complexity index is 1480. The SMILES string of the molecule is COc1ccc2nc(N3C(=O)C(=O)/C(=C(/O)c4ccc(C)cc4)C3c3cccc(Cl)c3)sc2c1. The maximum absolute atomic E-state index is 13.3. The van der Waals surface area contributed by atoms with Crippen molar-refractivity contribution < 1.29 is 19.4 Å². The number of Topliss-reactive ketones (excluding diaryl/α,β-unsaturated/α-hetero) is 1. The quantitative estimate of drug-likeness (QED) is 0.219. The molecule has 1 aromatic heterocycles. The molecule has 0 aliphatic carbocycles. The van der Waals surface area contributed by atoms with Crippen LogP contribution in [0.1, 0.15) is 22.7 Å². The number of carbonyl (C=O) groups excluding carboxylic acids is 2. The predicted molar refractivity (Wildman–Crippen MR) is 134 cm³/mol. The number of methoxy groups -OCH3 is 1. The minimum atomic E-state index is -0.887. The minimum absolute atomic E-state index is 0.00652. The summed E-state index contributed by atoms with van der Waals surface area (Å²) in [5, 5.41) is 12.0. The van der Waals surface area contributed by atoms with Gasteiger partial charge in [-0.2, -0.15) is 0 Å². The maximum Gasteiger partial charge on any atom is 0.301 e. The third kappa shape index (κ3) is 3.73. The van der Waals surface area contributed by atoms with E-state index in [1.54, 1.807) is 55.6 Å². The monoisotopic (exact) mass is 490 g/mol. The Kier molecular flexibility index (Phi) is 5.59. The van der Waals surface area contributed by atoms with Gasteiger partial charge in [-0.05, 0) is 42.8 Å². The van der Waals surface area contributed by atoms with E-state index in [9.17, 15) is 14.7 Å². The molecule has 1 aliphatic heterocycles. The molecule has 1 aliphatic rings. The van der Waals surface area contributed by atoms with Gasteiger partial charge in [-0.3, -0.25) is 14.5 Å². The van der Waals surface area contributed by atoms with Crippen LogP contribution in [0.15, 0.2) is 72.3 Å². The summed E-state index contributed by atoms with van der Waals surface area (Å²) in [4.78, 5) is 32.5. The minimum Gasteiger partial charge on any atom is -0.507 e. The number of anilines is 1. The molecule has 0 bridgehead atoms. The molecule has 1 N–H and O–H groups in total. The molecule has 170 valence electrons. The van der Waals surface area contributed by atoms with Gasteiger partial charge >= 0.3 is 5.91 Å². The van der Waals surface area contributed by atoms with Crippen LogP contribution in [0.25, 0.3) is 16.0 Å². The summed E-state index contributed by atoms with van der Waals surface area (Å²) in [6, 6.07) is 18.5. The Hall–Kier alpha value is -3.68. The second kappa shape index (κ2) is 8.59. The van der Waals surface area contributed by atoms with Crippen LogP contribution in [0.3, 0.4) is 0 Å². The molecule has 8 heteroatoms. The summed E-state index contributed by atoms with van der Waals surface area (Å²) in [6.45, 7) is 1.93. The molecule has 0 spiro atoms. The van der Waals surface area contributed by atoms with Crippen molar-refractivity contribution in [3.05, 3.63) is 94.0 Å². The molecular weight excluding hydrogens is 472 g/mol. The number of hydrogen-bond acceptors (Lipinski definition) is 6. The van der Waals surface area contributed by atoms with Crippen molar-refractivity contribution in [1.82, 2.24) is 4.98 Å². The van der Waals surface area contributed by atoms with E-state index in [0.717, 1.165) is 10.3 Å². The van der Waals surface area contributed by atoms with Crippen molar-refractivity contribution in [1.29, 1.82) is 0 Å². The van der Waals surface area contributed by atoms with E-state index in [2.05, 4.69) is 4.98 Å². The maximum atomic E-state index is 13.3. The Morgan fingerprint density at radius 2 is 1.85 bits per heavy atom. The fourth-order valence-corrected chi connectivity index (χ4v) is 5.23. The fourth-order valence-electron chi connectivity index (χ4n) is 4.01. The summed E-state index contributed by atoms with van der Waals surface area (Å²) in [6.07, 6.45) is 0. The van der Waals surface area contributed by atoms with E-state index in [0.29, 0.717) is 32.5 Å². The summed E-state index contributed by atoms with van der Waals surface area (Å²) < 4.78 is 6.10. The molecule has 1 saturated heterocycles. The van der Waals surface area contributed by atoms with Crippen LogP contribution >= 0.6 is 22.9 Å². The number of fused-ring (bicyclic) bond motifs is 1. The molecule has 1 fully saturated rings. The van der Waals surface area contributed by atoms with Gasteiger partial charge in [0.05, 0.1) is 28.9 Å². The smallest absolute Gasteiger partial charge is 0.301 e. The lowest BCUT2D eigenvalue weighted by molar-refractivity contribution is -0.132. The number of carbonyl (C=O) groups is 2. The molecule has 0 saturated carbocycles. The Balaban J connectivity index is 1.72. The molecule has 1 atom stereocenters. The molecule has 1 unspecified atom stereocenters. The van der Waals surface area contributed by atoms with E-state index < -0.39 is 17.7 Å². The van der Waals surface area contributed by atoms with Crippen LogP contribution in [0, 0.1) is 6.92 Å². The van der Waals surface area contributed by atoms with Crippen LogP contribution < -0.4 is 9.64 Å². The average molecular weight is 491 g/mol. The first-order valence-electron chi connectivity index (χ1n) is 10.5. The van der Waals surface area contributed by atoms with Crippen molar-refractivity contribution in [3.63, 3.8) is 0 Å². The lowest BCUT2D eigenvalue weighted by atomic mass is 9.95. The van der Waals surface area contributed by atoms with Gasteiger partial charge in [0.25, 0.3) is 5.78 Å². The number of halogens is 1. The van der Waals surface area contributed by atoms with Crippen LogP contribution in [0.5, 0.6) is 5.75 Å². The number of nitrogens with zero attached hydrogens (tertiary/aromatic N) is 2. The first-order valence-corrected chi connectivity index (χ1v) is 11.6. The number of aliphatic hydroxyl groups is 1. The van der Waals surface area contributed by atoms with Gasteiger partial charge in [0.1, 0.15) is 11.5 Å². The second-order valence-corrected chi connectivity index (χ2v) is 9.37. The number of hydrogen-bond donors (Lipinski definition) is 1. The van der Waals surface area contributed by atoms with Gasteiger partial charge in [0.15, 0.2) is 5.13 Å². The number of rotatable bonds is 4. The molecular formula is C26H19ClN2O4S. The van der Waals surface area contributed by atoms with Crippen LogP contribution in [-0.4, -0.2) is 28.9 Å². The molecule has 2 heterocycles. The fraction of sp³-hybridized carbons (Fsp3) is 0.115. The van der Waals surface area contributed by atoms with Crippen molar-refractivity contribution >= 4 is 55.7 Å². The van der Waals surface area contributed by atoms with Crippen molar-refractivity contribution in [3.8, 4) is 5.75 Å². The zero-order valence-electron chi connectivity index (χ0n) is 18.3. The number of aliphatic hydroxyl groups excluding tert-OH is 1. The third-order valence-corrected chi connectivity index (χ3v) is 6.98. The highest BCUT2D eigenvalue weighted by molar-refractivity contribution is 7.22. The molecule has 0 radical (unpaired) electrons. The number of ether oxygens (including phenoxy) is 1. The summed E-state index contributed by atoms with van der Waals surface area (Å²) >= 11 is 7.52. The summed E-state index contributed by atoms with van der Waals surface area (Å²) in [7, 11) is 1.58. The van der Waals surface area contributed by atoms with E-state index in [-0.39, 0.29) is 11.3 Å². The van der Waals surface area contributed by atoms with Crippen molar-refractivity contribution in [2.45, 2.75) is 13.0 Å². The highest BCUT2D eigenvalue weighted by Crippen LogP contribution is 2.45. The molecule has 34 heavy (non-hydrogen) atoms. The number of benzene rings is 3. The predicted octanol–water partition coefficient (Wildman–Crippen LogP) is 5.89. The number of aryl methyl sites for hydroxylation is 1. The first-order chi connectivity index (χ1) is 16.4. The zero-order chi connectivity index (χ0) is 24.0. The highest BCUT2D eigenvalue weighted by Gasteiger charge is 2.48. The third-order valence-electron chi connectivity index (χ3n) is 5.72. The lowest BCUT2D eigenvalue weighted by Crippen LogP contribution is -2.29. The van der Waals surface area contributed by atoms with Gasteiger partial charge in [-0.25, -0.2) is 4.98 Å². The number of ketones is 1. The van der Waals surface area contributed by atoms with Crippen LogP contribution in [0.4, 0.5) is 5.13 Å². The van der Waals surface area contributed by atoms with Gasteiger partial charge in [-0.15, -0.1) is 0 Å². The Morgan fingerprint density at radius 1 is 1.09 bits per heavy atom. The van der Waals surface area contributed by atoms with Gasteiger partial charge < -0.3 is 9.84 Å². The first kappa shape index (κ1) is 22.1. The van der Waals surface area contributed by atoms with Gasteiger partial charge in [-0.1, -0.05) is 64.9 Å². The number of thiazole rings is 1. The Labute approximate surface area is 204 Å². The number of aromatic nitrogens is 1.